The van der Waals surface area contributed by atoms with E-state index in [1.54, 1.807) is 6.07 Å². The van der Waals surface area contributed by atoms with Gasteiger partial charge in [-0.05, 0) is 17.5 Å². The number of rotatable bonds is 2. The number of nitro benzene ring substituents is 1. The first-order valence-corrected chi connectivity index (χ1v) is 5.43. The Balaban J connectivity index is 2.48. The Morgan fingerprint density at radius 1 is 1.50 bits per heavy atom. The van der Waals surface area contributed by atoms with Crippen molar-refractivity contribution in [2.24, 2.45) is 11.1 Å². The summed E-state index contributed by atoms with van der Waals surface area (Å²) in [6.07, 6.45) is 0. The summed E-state index contributed by atoms with van der Waals surface area (Å²) in [5.74, 6) is 0.0200. The highest BCUT2D eigenvalue weighted by molar-refractivity contribution is 6.30. The van der Waals surface area contributed by atoms with Crippen molar-refractivity contribution in [1.82, 2.24) is 0 Å². The molecule has 16 heavy (non-hydrogen) atoms. The summed E-state index contributed by atoms with van der Waals surface area (Å²) in [5.41, 5.74) is 6.60. The predicted octanol–water partition coefficient (Wildman–Crippen LogP) is 2.70. The number of benzene rings is 1. The van der Waals surface area contributed by atoms with Crippen LogP contribution in [-0.4, -0.2) is 11.0 Å². The maximum atomic E-state index is 10.9. The maximum Gasteiger partial charge on any atom is 0.273 e. The normalized spacial score (nSPS) is 26.5. The van der Waals surface area contributed by atoms with Crippen LogP contribution in [0.4, 0.5) is 5.69 Å². The first-order chi connectivity index (χ1) is 7.35. The fourth-order valence-corrected chi connectivity index (χ4v) is 2.39. The van der Waals surface area contributed by atoms with Gasteiger partial charge in [-0.15, -0.1) is 0 Å². The Morgan fingerprint density at radius 3 is 2.50 bits per heavy atom. The van der Waals surface area contributed by atoms with Crippen LogP contribution in [0.1, 0.15) is 25.3 Å². The molecule has 1 aromatic rings. The van der Waals surface area contributed by atoms with Gasteiger partial charge in [0.25, 0.3) is 5.69 Å². The van der Waals surface area contributed by atoms with Crippen LogP contribution in [-0.2, 0) is 0 Å². The molecule has 2 N–H and O–H groups in total. The molecule has 2 rings (SSSR count). The van der Waals surface area contributed by atoms with E-state index in [4.69, 9.17) is 17.3 Å². The van der Waals surface area contributed by atoms with E-state index in [0.717, 1.165) is 0 Å². The minimum Gasteiger partial charge on any atom is -0.327 e. The van der Waals surface area contributed by atoms with Crippen LogP contribution in [0.15, 0.2) is 18.2 Å². The van der Waals surface area contributed by atoms with Gasteiger partial charge in [-0.25, -0.2) is 0 Å². The Labute approximate surface area is 98.5 Å². The van der Waals surface area contributed by atoms with E-state index >= 15 is 0 Å². The van der Waals surface area contributed by atoms with Crippen LogP contribution in [0.25, 0.3) is 0 Å². The van der Waals surface area contributed by atoms with E-state index in [1.165, 1.54) is 12.1 Å². The highest BCUT2D eigenvalue weighted by atomic mass is 35.5. The molecule has 5 heteroatoms. The largest absolute Gasteiger partial charge is 0.327 e. The molecule has 1 aromatic carbocycles. The minimum atomic E-state index is -0.382. The highest BCUT2D eigenvalue weighted by Crippen LogP contribution is 2.59. The third-order valence-corrected chi connectivity index (χ3v) is 3.67. The van der Waals surface area contributed by atoms with E-state index in [-0.39, 0.29) is 28.0 Å². The Bertz CT molecular complexity index is 459. The van der Waals surface area contributed by atoms with Crippen LogP contribution in [0.2, 0.25) is 5.02 Å². The van der Waals surface area contributed by atoms with Crippen molar-refractivity contribution in [3.05, 3.63) is 38.9 Å². The zero-order valence-electron chi connectivity index (χ0n) is 9.11. The highest BCUT2D eigenvalue weighted by Gasteiger charge is 2.58. The van der Waals surface area contributed by atoms with Crippen molar-refractivity contribution >= 4 is 17.3 Å². The zero-order valence-corrected chi connectivity index (χ0v) is 9.86. The molecule has 0 amide bonds. The number of nitrogens with two attached hydrogens (primary N) is 1. The van der Waals surface area contributed by atoms with Crippen LogP contribution >= 0.6 is 11.6 Å². The molecule has 1 saturated carbocycles. The molecule has 1 aliphatic carbocycles. The molecule has 1 fully saturated rings. The lowest BCUT2D eigenvalue weighted by molar-refractivity contribution is -0.385. The van der Waals surface area contributed by atoms with E-state index in [2.05, 4.69) is 0 Å². The van der Waals surface area contributed by atoms with Gasteiger partial charge in [0.1, 0.15) is 0 Å². The molecule has 4 nitrogen and oxygen atoms in total. The first kappa shape index (κ1) is 11.4. The SMILES string of the molecule is CC1(C)C(N)C1c1cc(Cl)ccc1[N+](=O)[O-]. The molecule has 1 aliphatic rings. The van der Waals surface area contributed by atoms with Crippen molar-refractivity contribution < 1.29 is 4.92 Å². The summed E-state index contributed by atoms with van der Waals surface area (Å²) >= 11 is 5.87. The average Bonchev–Trinajstić information content (AvgIpc) is 2.65. The topological polar surface area (TPSA) is 69.2 Å². The van der Waals surface area contributed by atoms with Gasteiger partial charge in [0, 0.05) is 28.6 Å². The smallest absolute Gasteiger partial charge is 0.273 e. The monoisotopic (exact) mass is 240 g/mol. The van der Waals surface area contributed by atoms with Crippen molar-refractivity contribution in [2.45, 2.75) is 25.8 Å². The van der Waals surface area contributed by atoms with E-state index < -0.39 is 0 Å². The van der Waals surface area contributed by atoms with Crippen molar-refractivity contribution in [2.75, 3.05) is 0 Å². The molecule has 86 valence electrons. The third kappa shape index (κ3) is 1.58. The number of hydrogen-bond donors (Lipinski definition) is 1. The van der Waals surface area contributed by atoms with Crippen molar-refractivity contribution in [3.8, 4) is 0 Å². The zero-order chi connectivity index (χ0) is 12.1. The van der Waals surface area contributed by atoms with Crippen LogP contribution in [0, 0.1) is 15.5 Å². The molecule has 0 radical (unpaired) electrons. The van der Waals surface area contributed by atoms with Gasteiger partial charge in [0.05, 0.1) is 4.92 Å². The Hall–Kier alpha value is -1.13. The van der Waals surface area contributed by atoms with Gasteiger partial charge < -0.3 is 5.73 Å². The maximum absolute atomic E-state index is 10.9. The summed E-state index contributed by atoms with van der Waals surface area (Å²) < 4.78 is 0. The molecule has 0 heterocycles. The second-order valence-electron chi connectivity index (χ2n) is 4.79. The number of nitro groups is 1. The fourth-order valence-electron chi connectivity index (χ4n) is 2.21. The number of hydrogen-bond acceptors (Lipinski definition) is 3. The predicted molar refractivity (Wildman–Crippen MR) is 62.6 cm³/mol. The van der Waals surface area contributed by atoms with Gasteiger partial charge in [0.15, 0.2) is 0 Å². The fraction of sp³-hybridized carbons (Fsp3) is 0.455. The van der Waals surface area contributed by atoms with Crippen molar-refractivity contribution in [1.29, 1.82) is 0 Å². The summed E-state index contributed by atoms with van der Waals surface area (Å²) in [5, 5.41) is 11.4. The van der Waals surface area contributed by atoms with Crippen LogP contribution in [0.3, 0.4) is 0 Å². The van der Waals surface area contributed by atoms with E-state index in [0.29, 0.717) is 10.6 Å². The molecule has 2 unspecified atom stereocenters. The van der Waals surface area contributed by atoms with Gasteiger partial charge in [0.2, 0.25) is 0 Å². The standard InChI is InChI=1S/C11H13ClN2O2/c1-11(2)9(10(11)13)7-5-6(12)3-4-8(7)14(15)16/h3-5,9-10H,13H2,1-2H3. The van der Waals surface area contributed by atoms with Crippen LogP contribution in [0.5, 0.6) is 0 Å². The van der Waals surface area contributed by atoms with Gasteiger partial charge in [-0.2, -0.15) is 0 Å². The van der Waals surface area contributed by atoms with Gasteiger partial charge >= 0.3 is 0 Å². The minimum absolute atomic E-state index is 0.0200. The summed E-state index contributed by atoms with van der Waals surface area (Å²) in [6, 6.07) is 4.59. The molecule has 0 aliphatic heterocycles. The van der Waals surface area contributed by atoms with Crippen molar-refractivity contribution in [3.63, 3.8) is 0 Å². The van der Waals surface area contributed by atoms with Gasteiger partial charge in [-0.1, -0.05) is 25.4 Å². The molecule has 0 bridgehead atoms. The molecule has 2 atom stereocenters. The molecule has 0 aromatic heterocycles. The lowest BCUT2D eigenvalue weighted by atomic mass is 10.0. The summed E-state index contributed by atoms with van der Waals surface area (Å²) in [4.78, 5) is 10.5. The van der Waals surface area contributed by atoms with Gasteiger partial charge in [-0.3, -0.25) is 10.1 Å². The summed E-state index contributed by atoms with van der Waals surface area (Å²) in [6.45, 7) is 4.01. The molecular weight excluding hydrogens is 228 g/mol. The van der Waals surface area contributed by atoms with E-state index in [1.807, 2.05) is 13.8 Å². The lowest BCUT2D eigenvalue weighted by Gasteiger charge is -2.04. The molecule has 0 saturated heterocycles. The number of halogens is 1. The number of nitrogens with zero attached hydrogens (tertiary/aromatic N) is 1. The van der Waals surface area contributed by atoms with E-state index in [9.17, 15) is 10.1 Å². The molecular formula is C11H13ClN2O2. The third-order valence-electron chi connectivity index (χ3n) is 3.43. The molecule has 0 spiro atoms. The van der Waals surface area contributed by atoms with Crippen LogP contribution < -0.4 is 5.73 Å². The average molecular weight is 241 g/mol. The Morgan fingerprint density at radius 2 is 2.06 bits per heavy atom. The second-order valence-corrected chi connectivity index (χ2v) is 5.22. The summed E-state index contributed by atoms with van der Waals surface area (Å²) in [7, 11) is 0. The Kier molecular flexibility index (Phi) is 2.44. The quantitative estimate of drug-likeness (QED) is 0.638. The second kappa shape index (κ2) is 3.43. The lowest BCUT2D eigenvalue weighted by Crippen LogP contribution is -2.06. The first-order valence-electron chi connectivity index (χ1n) is 5.05.